The number of morpholine rings is 1. The zero-order valence-corrected chi connectivity index (χ0v) is 17.4. The highest BCUT2D eigenvalue weighted by molar-refractivity contribution is 6.31. The molecule has 3 aliphatic rings. The van der Waals surface area contributed by atoms with Gasteiger partial charge in [-0.1, -0.05) is 23.8 Å². The average Bonchev–Trinajstić information content (AvgIpc) is 3.17. The Labute approximate surface area is 175 Å². The lowest BCUT2D eigenvalue weighted by Gasteiger charge is -2.35. The SMILES string of the molecule is CC1C=CC=C(Cl)N1c1cc2oc(N3CCOCC3)nc2nc1N1CCCCC1. The molecule has 0 amide bonds. The van der Waals surface area contributed by atoms with Crippen molar-refractivity contribution in [1.82, 2.24) is 9.97 Å². The summed E-state index contributed by atoms with van der Waals surface area (Å²) >= 11 is 6.62. The number of hydrogen-bond acceptors (Lipinski definition) is 7. The van der Waals surface area contributed by atoms with Gasteiger partial charge in [0.25, 0.3) is 6.01 Å². The predicted molar refractivity (Wildman–Crippen MR) is 116 cm³/mol. The van der Waals surface area contributed by atoms with Gasteiger partial charge in [0.05, 0.1) is 24.9 Å². The largest absolute Gasteiger partial charge is 0.422 e. The molecule has 2 aromatic heterocycles. The second kappa shape index (κ2) is 7.88. The van der Waals surface area contributed by atoms with E-state index in [1.807, 2.05) is 12.2 Å². The minimum atomic E-state index is 0.136. The van der Waals surface area contributed by atoms with E-state index in [1.54, 1.807) is 0 Å². The number of anilines is 3. The van der Waals surface area contributed by atoms with Crippen molar-refractivity contribution in [2.24, 2.45) is 0 Å². The second-order valence-electron chi connectivity index (χ2n) is 7.78. The van der Waals surface area contributed by atoms with E-state index in [1.165, 1.54) is 19.3 Å². The number of nitrogens with zero attached hydrogens (tertiary/aromatic N) is 5. The van der Waals surface area contributed by atoms with Gasteiger partial charge in [-0.15, -0.1) is 0 Å². The van der Waals surface area contributed by atoms with Gasteiger partial charge in [0.2, 0.25) is 5.65 Å². The first-order valence-corrected chi connectivity index (χ1v) is 10.8. The number of aromatic nitrogens is 2. The average molecular weight is 416 g/mol. The molecule has 0 aromatic carbocycles. The molecular formula is C21H26ClN5O2. The summed E-state index contributed by atoms with van der Waals surface area (Å²) in [5, 5.41) is 0.687. The van der Waals surface area contributed by atoms with Crippen molar-refractivity contribution in [2.45, 2.75) is 32.2 Å². The minimum Gasteiger partial charge on any atom is -0.422 e. The van der Waals surface area contributed by atoms with Crippen LogP contribution in [0.2, 0.25) is 0 Å². The van der Waals surface area contributed by atoms with Crippen LogP contribution in [0, 0.1) is 0 Å². The highest BCUT2D eigenvalue weighted by atomic mass is 35.5. The Hall–Kier alpha value is -2.25. The smallest absolute Gasteiger partial charge is 0.300 e. The third-order valence-electron chi connectivity index (χ3n) is 5.79. The van der Waals surface area contributed by atoms with E-state index < -0.39 is 0 Å². The fourth-order valence-corrected chi connectivity index (χ4v) is 4.55. The number of halogens is 1. The third kappa shape index (κ3) is 3.57. The van der Waals surface area contributed by atoms with Crippen LogP contribution in [0.4, 0.5) is 17.5 Å². The van der Waals surface area contributed by atoms with E-state index >= 15 is 0 Å². The molecule has 154 valence electrons. The zero-order valence-electron chi connectivity index (χ0n) is 16.7. The van der Waals surface area contributed by atoms with Crippen LogP contribution < -0.4 is 14.7 Å². The summed E-state index contributed by atoms with van der Waals surface area (Å²) < 4.78 is 11.6. The second-order valence-corrected chi connectivity index (χ2v) is 8.17. The molecule has 0 radical (unpaired) electrons. The molecule has 29 heavy (non-hydrogen) atoms. The van der Waals surface area contributed by atoms with Crippen LogP contribution in [0.3, 0.4) is 0 Å². The number of oxazole rings is 1. The molecule has 5 rings (SSSR count). The molecule has 0 aliphatic carbocycles. The lowest BCUT2D eigenvalue weighted by molar-refractivity contribution is 0.120. The quantitative estimate of drug-likeness (QED) is 0.704. The summed E-state index contributed by atoms with van der Waals surface area (Å²) in [6, 6.07) is 2.80. The van der Waals surface area contributed by atoms with Crippen LogP contribution in [0.1, 0.15) is 26.2 Å². The molecule has 3 aliphatic heterocycles. The number of hydrogen-bond donors (Lipinski definition) is 0. The van der Waals surface area contributed by atoms with Crippen LogP contribution in [-0.4, -0.2) is 55.4 Å². The number of ether oxygens (including phenoxy) is 1. The molecule has 0 saturated carbocycles. The molecule has 8 heteroatoms. The Morgan fingerprint density at radius 2 is 1.83 bits per heavy atom. The number of piperidine rings is 1. The number of pyridine rings is 1. The van der Waals surface area contributed by atoms with Crippen molar-refractivity contribution in [2.75, 3.05) is 54.1 Å². The van der Waals surface area contributed by atoms with Crippen molar-refractivity contribution >= 4 is 40.4 Å². The maximum Gasteiger partial charge on any atom is 0.300 e. The highest BCUT2D eigenvalue weighted by Gasteiger charge is 2.28. The molecule has 5 heterocycles. The standard InChI is InChI=1S/C21H26ClN5O2/c1-15-6-5-7-18(22)27(15)16-14-17-19(23-20(16)25-8-3-2-4-9-25)24-21(29-17)26-10-12-28-13-11-26/h5-7,14-15H,2-4,8-13H2,1H3. The first-order chi connectivity index (χ1) is 14.2. The molecule has 2 saturated heterocycles. The molecule has 0 bridgehead atoms. The van der Waals surface area contributed by atoms with E-state index in [2.05, 4.69) is 33.8 Å². The van der Waals surface area contributed by atoms with Crippen LogP contribution >= 0.6 is 11.6 Å². The van der Waals surface area contributed by atoms with Gasteiger partial charge in [-0.25, -0.2) is 4.98 Å². The van der Waals surface area contributed by atoms with Crippen LogP contribution in [0.15, 0.2) is 33.9 Å². The summed E-state index contributed by atoms with van der Waals surface area (Å²) in [6.45, 7) is 7.07. The Kier molecular flexibility index (Phi) is 5.09. The van der Waals surface area contributed by atoms with E-state index in [0.29, 0.717) is 35.6 Å². The van der Waals surface area contributed by atoms with Crippen molar-refractivity contribution in [3.8, 4) is 0 Å². The maximum atomic E-state index is 6.62. The topological polar surface area (TPSA) is 57.9 Å². The normalized spacial score (nSPS) is 23.0. The Balaban J connectivity index is 1.60. The van der Waals surface area contributed by atoms with E-state index in [4.69, 9.17) is 30.7 Å². The zero-order chi connectivity index (χ0) is 19.8. The molecule has 1 unspecified atom stereocenters. The van der Waals surface area contributed by atoms with E-state index in [9.17, 15) is 0 Å². The van der Waals surface area contributed by atoms with E-state index in [0.717, 1.165) is 37.7 Å². The first kappa shape index (κ1) is 18.8. The predicted octanol–water partition coefficient (Wildman–Crippen LogP) is 3.89. The molecule has 0 spiro atoms. The van der Waals surface area contributed by atoms with Crippen molar-refractivity contribution in [3.05, 3.63) is 29.5 Å². The van der Waals surface area contributed by atoms with Crippen LogP contribution in [-0.2, 0) is 4.74 Å². The molecule has 1 atom stereocenters. The van der Waals surface area contributed by atoms with Crippen LogP contribution in [0.5, 0.6) is 0 Å². The Bertz CT molecular complexity index is 944. The van der Waals surface area contributed by atoms with Gasteiger partial charge in [-0.3, -0.25) is 0 Å². The lowest BCUT2D eigenvalue weighted by atomic mass is 10.1. The first-order valence-electron chi connectivity index (χ1n) is 10.4. The monoisotopic (exact) mass is 415 g/mol. The highest BCUT2D eigenvalue weighted by Crippen LogP contribution is 2.38. The molecule has 2 fully saturated rings. The van der Waals surface area contributed by atoms with Gasteiger partial charge < -0.3 is 23.9 Å². The summed E-state index contributed by atoms with van der Waals surface area (Å²) in [6.07, 6.45) is 9.68. The van der Waals surface area contributed by atoms with Gasteiger partial charge in [0.15, 0.2) is 11.4 Å². The number of rotatable bonds is 3. The van der Waals surface area contributed by atoms with Gasteiger partial charge in [-0.2, -0.15) is 4.98 Å². The molecule has 7 nitrogen and oxygen atoms in total. The molecule has 2 aromatic rings. The van der Waals surface area contributed by atoms with Crippen LogP contribution in [0.25, 0.3) is 11.2 Å². The fourth-order valence-electron chi connectivity index (χ4n) is 4.23. The van der Waals surface area contributed by atoms with Gasteiger partial charge >= 0.3 is 0 Å². The molecular weight excluding hydrogens is 390 g/mol. The third-order valence-corrected chi connectivity index (χ3v) is 6.10. The summed E-state index contributed by atoms with van der Waals surface area (Å²) in [5.41, 5.74) is 2.31. The number of fused-ring (bicyclic) bond motifs is 1. The maximum absolute atomic E-state index is 6.62. The van der Waals surface area contributed by atoms with Gasteiger partial charge in [0.1, 0.15) is 5.16 Å². The fraction of sp³-hybridized carbons (Fsp3) is 0.524. The molecule has 0 N–H and O–H groups in total. The van der Waals surface area contributed by atoms with E-state index in [-0.39, 0.29) is 6.04 Å². The summed E-state index contributed by atoms with van der Waals surface area (Å²) in [5.74, 6) is 0.938. The van der Waals surface area contributed by atoms with Crippen molar-refractivity contribution in [1.29, 1.82) is 0 Å². The van der Waals surface area contributed by atoms with Gasteiger partial charge in [0, 0.05) is 32.2 Å². The minimum absolute atomic E-state index is 0.136. The van der Waals surface area contributed by atoms with Crippen molar-refractivity contribution in [3.63, 3.8) is 0 Å². The number of allylic oxidation sites excluding steroid dienone is 2. The van der Waals surface area contributed by atoms with Crippen molar-refractivity contribution < 1.29 is 9.15 Å². The van der Waals surface area contributed by atoms with Gasteiger partial charge in [-0.05, 0) is 32.3 Å². The summed E-state index contributed by atoms with van der Waals surface area (Å²) in [7, 11) is 0. The summed E-state index contributed by atoms with van der Waals surface area (Å²) in [4.78, 5) is 16.3. The Morgan fingerprint density at radius 1 is 1.03 bits per heavy atom. The Morgan fingerprint density at radius 3 is 2.59 bits per heavy atom. The lowest BCUT2D eigenvalue weighted by Crippen LogP contribution is -2.36.